The van der Waals surface area contributed by atoms with Gasteiger partial charge in [0, 0.05) is 6.42 Å². The van der Waals surface area contributed by atoms with Crippen molar-refractivity contribution in [3.63, 3.8) is 0 Å². The van der Waals surface area contributed by atoms with E-state index in [9.17, 15) is 9.59 Å². The molecule has 0 radical (unpaired) electrons. The number of hydrogen-bond donors (Lipinski definition) is 0. The molecule has 1 heterocycles. The summed E-state index contributed by atoms with van der Waals surface area (Å²) in [4.78, 5) is 24.9. The number of carbonyl (C=O) groups is 2. The predicted octanol–water partition coefficient (Wildman–Crippen LogP) is 3.59. The Labute approximate surface area is 135 Å². The van der Waals surface area contributed by atoms with E-state index in [2.05, 4.69) is 47.4 Å². The summed E-state index contributed by atoms with van der Waals surface area (Å²) < 4.78 is 4.82. The number of benzene rings is 1. The molecule has 1 aliphatic heterocycles. The SMILES string of the molecule is CP.Cc1ccc(C(CC(=O)N2CCOC2=O)C(C)C)cc1. The van der Waals surface area contributed by atoms with Gasteiger partial charge < -0.3 is 4.74 Å². The van der Waals surface area contributed by atoms with Crippen LogP contribution in [-0.2, 0) is 9.53 Å². The molecule has 2 unspecified atom stereocenters. The highest BCUT2D eigenvalue weighted by atomic mass is 31.0. The molecule has 1 saturated heterocycles. The largest absolute Gasteiger partial charge is 0.447 e. The van der Waals surface area contributed by atoms with Crippen molar-refractivity contribution in [2.24, 2.45) is 5.92 Å². The van der Waals surface area contributed by atoms with Crippen LogP contribution in [0.1, 0.15) is 37.3 Å². The second-order valence-corrected chi connectivity index (χ2v) is 5.63. The van der Waals surface area contributed by atoms with E-state index in [1.54, 1.807) is 0 Å². The monoisotopic (exact) mass is 323 g/mol. The van der Waals surface area contributed by atoms with Gasteiger partial charge in [0.15, 0.2) is 0 Å². The quantitative estimate of drug-likeness (QED) is 0.796. The van der Waals surface area contributed by atoms with Crippen LogP contribution in [0.3, 0.4) is 0 Å². The Bertz CT molecular complexity index is 499. The van der Waals surface area contributed by atoms with Gasteiger partial charge in [-0.2, -0.15) is 0 Å². The second kappa shape index (κ2) is 8.89. The first-order valence-corrected chi connectivity index (χ1v) is 8.76. The highest BCUT2D eigenvalue weighted by Gasteiger charge is 2.31. The first-order chi connectivity index (χ1) is 10.5. The standard InChI is InChI=1S/C16H21NO3.CH5P/c1-11(2)14(13-6-4-12(3)5-7-13)10-15(18)17-8-9-20-16(17)19;1-2/h4-7,11,14H,8-10H2,1-3H3;2H2,1H3. The van der Waals surface area contributed by atoms with Gasteiger partial charge in [0.2, 0.25) is 5.91 Å². The van der Waals surface area contributed by atoms with Gasteiger partial charge in [-0.1, -0.05) is 50.3 Å². The average Bonchev–Trinajstić information content (AvgIpc) is 2.94. The fraction of sp³-hybridized carbons (Fsp3) is 0.529. The van der Waals surface area contributed by atoms with Crippen LogP contribution in [0.2, 0.25) is 0 Å². The molecule has 0 bridgehead atoms. The molecular weight excluding hydrogens is 297 g/mol. The van der Waals surface area contributed by atoms with E-state index in [0.29, 0.717) is 25.5 Å². The van der Waals surface area contributed by atoms with E-state index in [0.717, 1.165) is 5.56 Å². The third-order valence-electron chi connectivity index (χ3n) is 3.77. The summed E-state index contributed by atoms with van der Waals surface area (Å²) in [5, 5.41) is 0. The van der Waals surface area contributed by atoms with Crippen molar-refractivity contribution >= 4 is 21.2 Å². The van der Waals surface area contributed by atoms with Crippen LogP contribution in [-0.4, -0.2) is 36.7 Å². The van der Waals surface area contributed by atoms with Gasteiger partial charge in [-0.15, -0.1) is 9.24 Å². The molecule has 0 aliphatic carbocycles. The Morgan fingerprint density at radius 3 is 2.32 bits per heavy atom. The van der Waals surface area contributed by atoms with Gasteiger partial charge in [-0.25, -0.2) is 9.69 Å². The maximum atomic E-state index is 12.2. The number of cyclic esters (lactones) is 1. The summed E-state index contributed by atoms with van der Waals surface area (Å²) in [5.74, 6) is 0.309. The molecule has 2 rings (SSSR count). The Morgan fingerprint density at radius 2 is 1.86 bits per heavy atom. The summed E-state index contributed by atoms with van der Waals surface area (Å²) in [7, 11) is 2.42. The second-order valence-electron chi connectivity index (χ2n) is 5.63. The molecule has 0 aromatic heterocycles. The van der Waals surface area contributed by atoms with Crippen LogP contribution in [0, 0.1) is 12.8 Å². The fourth-order valence-corrected chi connectivity index (χ4v) is 2.47. The lowest BCUT2D eigenvalue weighted by atomic mass is 9.85. The first-order valence-electron chi connectivity index (χ1n) is 7.60. The molecule has 2 atom stereocenters. The third kappa shape index (κ3) is 4.81. The predicted molar refractivity (Wildman–Crippen MR) is 92.1 cm³/mol. The van der Waals surface area contributed by atoms with Crippen molar-refractivity contribution in [2.75, 3.05) is 19.8 Å². The number of rotatable bonds is 4. The lowest BCUT2D eigenvalue weighted by Gasteiger charge is -2.22. The van der Waals surface area contributed by atoms with Crippen LogP contribution in [0.5, 0.6) is 0 Å². The molecule has 1 aliphatic rings. The van der Waals surface area contributed by atoms with Crippen molar-refractivity contribution in [2.45, 2.75) is 33.1 Å². The average molecular weight is 323 g/mol. The molecule has 1 fully saturated rings. The molecule has 4 nitrogen and oxygen atoms in total. The van der Waals surface area contributed by atoms with Crippen LogP contribution in [0.15, 0.2) is 24.3 Å². The minimum absolute atomic E-state index is 0.122. The minimum atomic E-state index is -0.513. The minimum Gasteiger partial charge on any atom is -0.447 e. The third-order valence-corrected chi connectivity index (χ3v) is 3.77. The number of amides is 2. The number of hydrogen-bond acceptors (Lipinski definition) is 3. The first kappa shape index (κ1) is 18.6. The van der Waals surface area contributed by atoms with Crippen LogP contribution in [0.4, 0.5) is 4.79 Å². The summed E-state index contributed by atoms with van der Waals surface area (Å²) >= 11 is 0. The normalized spacial score (nSPS) is 15.2. The molecule has 1 aromatic rings. The van der Waals surface area contributed by atoms with Gasteiger partial charge in [-0.05, 0) is 24.3 Å². The van der Waals surface area contributed by atoms with Gasteiger partial charge in [-0.3, -0.25) is 4.79 Å². The zero-order valence-electron chi connectivity index (χ0n) is 13.8. The number of aryl methyl sites for hydroxylation is 1. The van der Waals surface area contributed by atoms with Crippen LogP contribution in [0.25, 0.3) is 0 Å². The lowest BCUT2D eigenvalue weighted by Crippen LogP contribution is -2.33. The summed E-state index contributed by atoms with van der Waals surface area (Å²) in [6.45, 7) is 8.83. The molecule has 2 amide bonds. The van der Waals surface area contributed by atoms with E-state index in [1.165, 1.54) is 10.5 Å². The van der Waals surface area contributed by atoms with E-state index in [-0.39, 0.29) is 11.8 Å². The van der Waals surface area contributed by atoms with Crippen LogP contribution >= 0.6 is 9.24 Å². The number of carbonyl (C=O) groups excluding carboxylic acids is 2. The number of imide groups is 1. The Morgan fingerprint density at radius 1 is 1.27 bits per heavy atom. The zero-order valence-corrected chi connectivity index (χ0v) is 15.0. The highest BCUT2D eigenvalue weighted by Crippen LogP contribution is 2.29. The molecule has 0 N–H and O–H groups in total. The molecule has 1 aromatic carbocycles. The van der Waals surface area contributed by atoms with E-state index in [4.69, 9.17) is 4.74 Å². The summed E-state index contributed by atoms with van der Waals surface area (Å²) in [6.07, 6.45) is -0.169. The van der Waals surface area contributed by atoms with E-state index < -0.39 is 6.09 Å². The fourth-order valence-electron chi connectivity index (χ4n) is 2.47. The summed E-state index contributed by atoms with van der Waals surface area (Å²) in [6, 6.07) is 8.24. The van der Waals surface area contributed by atoms with Crippen molar-refractivity contribution in [1.29, 1.82) is 0 Å². The molecule has 122 valence electrons. The van der Waals surface area contributed by atoms with Gasteiger partial charge >= 0.3 is 6.09 Å². The van der Waals surface area contributed by atoms with Crippen molar-refractivity contribution < 1.29 is 14.3 Å². The summed E-state index contributed by atoms with van der Waals surface area (Å²) in [5.41, 5.74) is 2.34. The van der Waals surface area contributed by atoms with Crippen molar-refractivity contribution in [3.05, 3.63) is 35.4 Å². The van der Waals surface area contributed by atoms with Gasteiger partial charge in [0.25, 0.3) is 0 Å². The number of ether oxygens (including phenoxy) is 1. The molecule has 0 spiro atoms. The van der Waals surface area contributed by atoms with E-state index >= 15 is 0 Å². The van der Waals surface area contributed by atoms with Gasteiger partial charge in [0.05, 0.1) is 6.54 Å². The Hall–Kier alpha value is -1.41. The van der Waals surface area contributed by atoms with Crippen molar-refractivity contribution in [1.82, 2.24) is 4.90 Å². The number of nitrogens with zero attached hydrogens (tertiary/aromatic N) is 1. The molecule has 5 heteroatoms. The Balaban J connectivity index is 0.00000116. The maximum Gasteiger partial charge on any atom is 0.416 e. The van der Waals surface area contributed by atoms with Crippen molar-refractivity contribution in [3.8, 4) is 0 Å². The molecule has 0 saturated carbocycles. The smallest absolute Gasteiger partial charge is 0.416 e. The topological polar surface area (TPSA) is 46.6 Å². The highest BCUT2D eigenvalue weighted by molar-refractivity contribution is 7.15. The molecular formula is C17H26NO3P. The van der Waals surface area contributed by atoms with E-state index in [1.807, 2.05) is 13.6 Å². The molecule has 22 heavy (non-hydrogen) atoms. The lowest BCUT2D eigenvalue weighted by molar-refractivity contribution is -0.128. The van der Waals surface area contributed by atoms with Crippen LogP contribution < -0.4 is 0 Å². The zero-order chi connectivity index (χ0) is 16.7. The Kier molecular flexibility index (Phi) is 7.53. The maximum absolute atomic E-state index is 12.2. The van der Waals surface area contributed by atoms with Gasteiger partial charge in [0.1, 0.15) is 6.61 Å².